The molecule has 0 aromatic heterocycles. The van der Waals surface area contributed by atoms with E-state index in [1.54, 1.807) is 12.0 Å². The molecule has 0 radical (unpaired) electrons. The zero-order chi connectivity index (χ0) is 20.1. The van der Waals surface area contributed by atoms with Gasteiger partial charge in [-0.2, -0.15) is 0 Å². The predicted molar refractivity (Wildman–Crippen MR) is 120 cm³/mol. The van der Waals surface area contributed by atoms with Crippen molar-refractivity contribution in [1.82, 2.24) is 0 Å². The fraction of sp³-hybridized carbons (Fsp3) is 0.0833. The van der Waals surface area contributed by atoms with Gasteiger partial charge in [-0.3, -0.25) is 14.7 Å². The highest BCUT2D eigenvalue weighted by Crippen LogP contribution is 2.36. The minimum atomic E-state index is -0.0659. The lowest BCUT2D eigenvalue weighted by Gasteiger charge is -2.15. The third-order valence-electron chi connectivity index (χ3n) is 4.47. The first-order valence-corrected chi connectivity index (χ1v) is 10.1. The zero-order valence-electron chi connectivity index (χ0n) is 16.0. The Bertz CT molecular complexity index is 1050. The number of nitrogens with zero attached hydrogens (tertiary/aromatic N) is 2. The summed E-state index contributed by atoms with van der Waals surface area (Å²) < 4.78 is 5.21. The molecule has 1 amide bonds. The van der Waals surface area contributed by atoms with Gasteiger partial charge in [-0.1, -0.05) is 60.7 Å². The van der Waals surface area contributed by atoms with Crippen LogP contribution in [0.25, 0.3) is 6.08 Å². The maximum Gasteiger partial charge on any atom is 0.271 e. The second kappa shape index (κ2) is 8.80. The highest BCUT2D eigenvalue weighted by atomic mass is 32.2. The van der Waals surface area contributed by atoms with Crippen molar-refractivity contribution in [2.75, 3.05) is 12.0 Å². The van der Waals surface area contributed by atoms with Gasteiger partial charge in [-0.05, 0) is 53.2 Å². The Balaban J connectivity index is 1.66. The van der Waals surface area contributed by atoms with Crippen LogP contribution in [0.5, 0.6) is 5.75 Å². The van der Waals surface area contributed by atoms with Crippen LogP contribution in [0.3, 0.4) is 0 Å². The summed E-state index contributed by atoms with van der Waals surface area (Å²) in [6, 6.07) is 27.3. The van der Waals surface area contributed by atoms with Crippen LogP contribution < -0.4 is 9.64 Å². The van der Waals surface area contributed by atoms with Gasteiger partial charge in [-0.15, -0.1) is 0 Å². The molecule has 1 heterocycles. The van der Waals surface area contributed by atoms with Crippen LogP contribution in [-0.2, 0) is 11.3 Å². The number of thioether (sulfide) groups is 1. The molecular formula is C24H20N2O2S. The smallest absolute Gasteiger partial charge is 0.271 e. The number of hydrogen-bond donors (Lipinski definition) is 0. The summed E-state index contributed by atoms with van der Waals surface area (Å²) in [5, 5.41) is 0.685. The van der Waals surface area contributed by atoms with E-state index >= 15 is 0 Å². The maximum atomic E-state index is 13.2. The molecule has 0 spiro atoms. The normalized spacial score (nSPS) is 16.6. The Morgan fingerprint density at radius 2 is 1.59 bits per heavy atom. The van der Waals surface area contributed by atoms with E-state index in [0.717, 1.165) is 22.6 Å². The molecule has 0 N–H and O–H groups in total. The first-order chi connectivity index (χ1) is 14.2. The second-order valence-corrected chi connectivity index (χ2v) is 7.45. The number of amides is 1. The third kappa shape index (κ3) is 4.41. The lowest BCUT2D eigenvalue weighted by Crippen LogP contribution is -2.28. The van der Waals surface area contributed by atoms with Crippen LogP contribution >= 0.6 is 11.8 Å². The number of aliphatic imine (C=N–C) groups is 1. The summed E-state index contributed by atoms with van der Waals surface area (Å²) in [7, 11) is 1.64. The van der Waals surface area contributed by atoms with Crippen LogP contribution in [0, 0.1) is 0 Å². The summed E-state index contributed by atoms with van der Waals surface area (Å²) in [6.45, 7) is 0.523. The minimum absolute atomic E-state index is 0.0659. The lowest BCUT2D eigenvalue weighted by atomic mass is 10.2. The van der Waals surface area contributed by atoms with E-state index in [-0.39, 0.29) is 5.91 Å². The van der Waals surface area contributed by atoms with Gasteiger partial charge in [0.25, 0.3) is 5.91 Å². The van der Waals surface area contributed by atoms with Crippen molar-refractivity contribution < 1.29 is 9.53 Å². The van der Waals surface area contributed by atoms with Gasteiger partial charge < -0.3 is 4.74 Å². The highest BCUT2D eigenvalue weighted by molar-refractivity contribution is 8.19. The van der Waals surface area contributed by atoms with E-state index in [0.29, 0.717) is 16.6 Å². The van der Waals surface area contributed by atoms with Gasteiger partial charge in [-0.25, -0.2) is 0 Å². The SMILES string of the molecule is COc1ccc(/C=C2\S/C(=N\Cc3ccccc3)N(c3ccccc3)C2=O)cc1. The molecule has 5 heteroatoms. The molecule has 1 aliphatic rings. The van der Waals surface area contributed by atoms with Crippen molar-refractivity contribution >= 4 is 34.6 Å². The molecule has 29 heavy (non-hydrogen) atoms. The van der Waals surface area contributed by atoms with Crippen molar-refractivity contribution in [3.05, 3.63) is 101 Å². The van der Waals surface area contributed by atoms with Crippen LogP contribution in [0.4, 0.5) is 5.69 Å². The quantitative estimate of drug-likeness (QED) is 0.541. The molecule has 0 saturated carbocycles. The molecule has 144 valence electrons. The molecule has 0 atom stereocenters. The van der Waals surface area contributed by atoms with E-state index in [4.69, 9.17) is 9.73 Å². The number of rotatable bonds is 5. The van der Waals surface area contributed by atoms with E-state index in [9.17, 15) is 4.79 Å². The van der Waals surface area contributed by atoms with Crippen LogP contribution in [0.2, 0.25) is 0 Å². The monoisotopic (exact) mass is 400 g/mol. The number of carbonyl (C=O) groups excluding carboxylic acids is 1. The van der Waals surface area contributed by atoms with Crippen LogP contribution in [-0.4, -0.2) is 18.2 Å². The van der Waals surface area contributed by atoms with Crippen LogP contribution in [0.1, 0.15) is 11.1 Å². The van der Waals surface area contributed by atoms with Crippen molar-refractivity contribution in [2.45, 2.75) is 6.54 Å². The topological polar surface area (TPSA) is 41.9 Å². The number of ether oxygens (including phenoxy) is 1. The predicted octanol–water partition coefficient (Wildman–Crippen LogP) is 5.37. The summed E-state index contributed by atoms with van der Waals surface area (Å²) in [5.74, 6) is 0.720. The highest BCUT2D eigenvalue weighted by Gasteiger charge is 2.34. The molecule has 4 rings (SSSR count). The lowest BCUT2D eigenvalue weighted by molar-refractivity contribution is -0.113. The Kier molecular flexibility index (Phi) is 5.77. The zero-order valence-corrected chi connectivity index (χ0v) is 16.8. The minimum Gasteiger partial charge on any atom is -0.497 e. The Labute approximate surface area is 174 Å². The number of para-hydroxylation sites is 1. The average Bonchev–Trinajstić information content (AvgIpc) is 3.09. The standard InChI is InChI=1S/C24H20N2O2S/c1-28-21-14-12-18(13-15-21)16-22-23(27)26(20-10-6-3-7-11-20)24(29-22)25-17-19-8-4-2-5-9-19/h2-16H,17H2,1H3/b22-16-,25-24-. The summed E-state index contributed by atoms with van der Waals surface area (Å²) in [5.41, 5.74) is 2.86. The second-order valence-electron chi connectivity index (χ2n) is 6.44. The van der Waals surface area contributed by atoms with Crippen molar-refractivity contribution in [2.24, 2.45) is 4.99 Å². The number of hydrogen-bond acceptors (Lipinski definition) is 4. The molecule has 3 aromatic rings. The first kappa shape index (κ1) is 19.0. The van der Waals surface area contributed by atoms with E-state index in [1.165, 1.54) is 11.8 Å². The number of amidine groups is 1. The van der Waals surface area contributed by atoms with Gasteiger partial charge in [0.05, 0.1) is 24.2 Å². The number of anilines is 1. The molecule has 0 unspecified atom stereocenters. The fourth-order valence-corrected chi connectivity index (χ4v) is 3.96. The van der Waals surface area contributed by atoms with Gasteiger partial charge in [0.1, 0.15) is 5.75 Å². The molecule has 1 fully saturated rings. The van der Waals surface area contributed by atoms with Crippen molar-refractivity contribution in [3.63, 3.8) is 0 Å². The molecule has 1 aliphatic heterocycles. The van der Waals surface area contributed by atoms with Crippen LogP contribution in [0.15, 0.2) is 94.8 Å². The molecule has 1 saturated heterocycles. The van der Waals surface area contributed by atoms with E-state index in [1.807, 2.05) is 91.0 Å². The van der Waals surface area contributed by atoms with Gasteiger partial charge in [0.2, 0.25) is 0 Å². The molecular weight excluding hydrogens is 380 g/mol. The summed E-state index contributed by atoms with van der Waals surface area (Å²) in [4.78, 5) is 20.3. The molecule has 4 nitrogen and oxygen atoms in total. The van der Waals surface area contributed by atoms with Crippen molar-refractivity contribution in [1.29, 1.82) is 0 Å². The van der Waals surface area contributed by atoms with E-state index in [2.05, 4.69) is 0 Å². The Morgan fingerprint density at radius 1 is 0.931 bits per heavy atom. The molecule has 0 aliphatic carbocycles. The van der Waals surface area contributed by atoms with Gasteiger partial charge >= 0.3 is 0 Å². The Morgan fingerprint density at radius 3 is 2.24 bits per heavy atom. The number of methoxy groups -OCH3 is 1. The maximum absolute atomic E-state index is 13.2. The fourth-order valence-electron chi connectivity index (χ4n) is 2.98. The molecule has 0 bridgehead atoms. The third-order valence-corrected chi connectivity index (χ3v) is 5.48. The molecule has 3 aromatic carbocycles. The van der Waals surface area contributed by atoms with Gasteiger partial charge in [0.15, 0.2) is 5.17 Å². The van der Waals surface area contributed by atoms with Gasteiger partial charge in [0, 0.05) is 0 Å². The Hall–Kier alpha value is -3.31. The van der Waals surface area contributed by atoms with E-state index < -0.39 is 0 Å². The number of carbonyl (C=O) groups is 1. The first-order valence-electron chi connectivity index (χ1n) is 9.26. The largest absolute Gasteiger partial charge is 0.497 e. The average molecular weight is 401 g/mol. The summed E-state index contributed by atoms with van der Waals surface area (Å²) >= 11 is 1.40. The summed E-state index contributed by atoms with van der Waals surface area (Å²) in [6.07, 6.45) is 1.90. The number of benzene rings is 3. The van der Waals surface area contributed by atoms with Crippen molar-refractivity contribution in [3.8, 4) is 5.75 Å².